The summed E-state index contributed by atoms with van der Waals surface area (Å²) >= 11 is 0. The molecule has 536 valence electrons. The third kappa shape index (κ3) is 9.56. The molecule has 4 aromatic heterocycles. The molecule has 0 aliphatic heterocycles. The van der Waals surface area contributed by atoms with Gasteiger partial charge in [-0.25, -0.2) is 0 Å². The number of aromatic nitrogens is 4. The quantitative estimate of drug-likeness (QED) is 0.144. The Morgan fingerprint density at radius 1 is 0.121 bits per heavy atom. The van der Waals surface area contributed by atoms with Crippen molar-refractivity contribution in [2.75, 3.05) is 0 Å². The van der Waals surface area contributed by atoms with E-state index in [-0.39, 0.29) is 0 Å². The fourth-order valence-electron chi connectivity index (χ4n) is 20.2. The van der Waals surface area contributed by atoms with Crippen LogP contribution in [0.1, 0.15) is 0 Å². The maximum Gasteiger partial charge on any atom is 0.0547 e. The van der Waals surface area contributed by atoms with Gasteiger partial charge in [-0.05, 0) is 259 Å². The number of fused-ring (bicyclic) bond motifs is 21. The van der Waals surface area contributed by atoms with Crippen LogP contribution in [-0.4, -0.2) is 18.3 Å². The van der Waals surface area contributed by atoms with Crippen LogP contribution in [0.4, 0.5) is 0 Å². The highest BCUT2D eigenvalue weighted by atomic mass is 15.0. The van der Waals surface area contributed by atoms with Crippen molar-refractivity contribution in [3.05, 3.63) is 413 Å². The molecule has 0 unspecified atom stereocenters. The Morgan fingerprint density at radius 2 is 0.440 bits per heavy atom. The maximum absolute atomic E-state index is 2.44. The first-order valence-electron chi connectivity index (χ1n) is 40.2. The summed E-state index contributed by atoms with van der Waals surface area (Å²) in [5.41, 5.74) is 34.7. The Labute approximate surface area is 668 Å². The molecule has 0 N–H and O–H groups in total. The lowest BCUT2D eigenvalue weighted by Gasteiger charge is -2.13. The highest BCUT2D eigenvalue weighted by Gasteiger charge is 2.27. The molecular formula is C112H68N4. The lowest BCUT2D eigenvalue weighted by Crippen LogP contribution is -1.94. The molecular weight excluding hydrogens is 1400 g/mol. The van der Waals surface area contributed by atoms with Gasteiger partial charge in [-0.2, -0.15) is 0 Å². The fraction of sp³-hybridized carbons (Fsp3) is 0. The molecule has 116 heavy (non-hydrogen) atoms. The molecule has 0 fully saturated rings. The third-order valence-corrected chi connectivity index (χ3v) is 25.3. The summed E-state index contributed by atoms with van der Waals surface area (Å²) in [6, 6.07) is 152. The summed E-state index contributed by atoms with van der Waals surface area (Å²) in [7, 11) is 0. The molecule has 4 nitrogen and oxygen atoms in total. The van der Waals surface area contributed by atoms with Crippen molar-refractivity contribution in [2.45, 2.75) is 0 Å². The summed E-state index contributed by atoms with van der Waals surface area (Å²) in [5.74, 6) is 0. The van der Waals surface area contributed by atoms with Crippen LogP contribution in [0, 0.1) is 0 Å². The molecule has 0 atom stereocenters. The Bertz CT molecular complexity index is 8220. The monoisotopic (exact) mass is 1470 g/mol. The third-order valence-electron chi connectivity index (χ3n) is 25.3. The van der Waals surface area contributed by atoms with Crippen molar-refractivity contribution in [2.24, 2.45) is 0 Å². The average molecular weight is 1470 g/mol. The number of hydrogen-bond acceptors (Lipinski definition) is 0. The minimum Gasteiger partial charge on any atom is -0.309 e. The van der Waals surface area contributed by atoms with Gasteiger partial charge >= 0.3 is 0 Å². The molecule has 0 saturated carbocycles. The molecule has 20 aromatic carbocycles. The molecule has 0 amide bonds. The van der Waals surface area contributed by atoms with Gasteiger partial charge in [0.2, 0.25) is 0 Å². The zero-order chi connectivity index (χ0) is 75.8. The summed E-state index contributed by atoms with van der Waals surface area (Å²) in [6.45, 7) is 0. The van der Waals surface area contributed by atoms with Crippen LogP contribution in [0.5, 0.6) is 0 Å². The van der Waals surface area contributed by atoms with Crippen LogP contribution in [0.2, 0.25) is 0 Å². The zero-order valence-corrected chi connectivity index (χ0v) is 63.0. The lowest BCUT2D eigenvalue weighted by molar-refractivity contribution is 1.18. The lowest BCUT2D eigenvalue weighted by atomic mass is 9.94. The number of hydrogen-bond donors (Lipinski definition) is 0. The van der Waals surface area contributed by atoms with Gasteiger partial charge in [0.1, 0.15) is 0 Å². The normalized spacial score (nSPS) is 12.1. The predicted octanol–water partition coefficient (Wildman–Crippen LogP) is 30.3. The highest BCUT2D eigenvalue weighted by Crippen LogP contribution is 2.53. The van der Waals surface area contributed by atoms with Crippen molar-refractivity contribution in [1.82, 2.24) is 18.3 Å². The smallest absolute Gasteiger partial charge is 0.0547 e. The molecule has 4 heterocycles. The number of rotatable bonds is 8. The van der Waals surface area contributed by atoms with Gasteiger partial charge in [0.05, 0.1) is 44.1 Å². The van der Waals surface area contributed by atoms with E-state index in [1.165, 1.54) is 231 Å². The second-order valence-electron chi connectivity index (χ2n) is 31.3. The summed E-state index contributed by atoms with van der Waals surface area (Å²) in [4.78, 5) is 0. The molecule has 0 radical (unpaired) electrons. The number of benzene rings is 20. The number of nitrogens with zero attached hydrogens (tertiary/aromatic N) is 4. The van der Waals surface area contributed by atoms with Crippen molar-refractivity contribution in [3.63, 3.8) is 0 Å². The van der Waals surface area contributed by atoms with Crippen LogP contribution < -0.4 is 0 Å². The first-order valence-corrected chi connectivity index (χ1v) is 40.2. The van der Waals surface area contributed by atoms with E-state index in [9.17, 15) is 0 Å². The molecule has 24 aromatic rings. The largest absolute Gasteiger partial charge is 0.309 e. The molecule has 2 aliphatic rings. The van der Waals surface area contributed by atoms with Crippen LogP contribution in [-0.2, 0) is 0 Å². The summed E-state index contributed by atoms with van der Waals surface area (Å²) in [5, 5.41) is 20.4. The van der Waals surface area contributed by atoms with Gasteiger partial charge in [0.25, 0.3) is 0 Å². The fourth-order valence-corrected chi connectivity index (χ4v) is 20.2. The predicted molar refractivity (Wildman–Crippen MR) is 491 cm³/mol. The van der Waals surface area contributed by atoms with E-state index in [4.69, 9.17) is 0 Å². The van der Waals surface area contributed by atoms with Crippen LogP contribution in [0.3, 0.4) is 0 Å². The molecule has 0 saturated heterocycles. The van der Waals surface area contributed by atoms with Crippen molar-refractivity contribution < 1.29 is 0 Å². The van der Waals surface area contributed by atoms with Crippen molar-refractivity contribution >= 4 is 130 Å². The highest BCUT2D eigenvalue weighted by molar-refractivity contribution is 6.24. The molecule has 4 heteroatoms. The molecule has 26 rings (SSSR count). The Morgan fingerprint density at radius 3 is 0.940 bits per heavy atom. The Hall–Kier alpha value is -15.4. The van der Waals surface area contributed by atoms with Gasteiger partial charge in [-0.1, -0.05) is 285 Å². The topological polar surface area (TPSA) is 19.7 Å². The van der Waals surface area contributed by atoms with E-state index in [1.807, 2.05) is 0 Å². The van der Waals surface area contributed by atoms with Crippen molar-refractivity contribution in [1.29, 1.82) is 0 Å². The van der Waals surface area contributed by atoms with Crippen LogP contribution in [0.25, 0.3) is 242 Å². The first kappa shape index (κ1) is 64.3. The first-order chi connectivity index (χ1) is 57.5. The second kappa shape index (κ2) is 25.1. The maximum atomic E-state index is 2.44. The summed E-state index contributed by atoms with van der Waals surface area (Å²) < 4.78 is 9.70. The van der Waals surface area contributed by atoms with E-state index in [0.29, 0.717) is 0 Å². The van der Waals surface area contributed by atoms with E-state index >= 15 is 0 Å². The van der Waals surface area contributed by atoms with Gasteiger partial charge in [0.15, 0.2) is 0 Å². The molecule has 0 bridgehead atoms. The zero-order valence-electron chi connectivity index (χ0n) is 63.0. The minimum absolute atomic E-state index is 1.16. The van der Waals surface area contributed by atoms with E-state index in [2.05, 4.69) is 431 Å². The van der Waals surface area contributed by atoms with E-state index in [1.54, 1.807) is 0 Å². The minimum atomic E-state index is 1.16. The second-order valence-corrected chi connectivity index (χ2v) is 31.3. The summed E-state index contributed by atoms with van der Waals surface area (Å²) in [6.07, 6.45) is 0. The van der Waals surface area contributed by atoms with Gasteiger partial charge < -0.3 is 18.3 Å². The molecule has 0 spiro atoms. The van der Waals surface area contributed by atoms with Crippen LogP contribution in [0.15, 0.2) is 413 Å². The van der Waals surface area contributed by atoms with Crippen LogP contribution >= 0.6 is 0 Å². The molecule has 2 aliphatic carbocycles. The van der Waals surface area contributed by atoms with Gasteiger partial charge in [-0.3, -0.25) is 0 Å². The van der Waals surface area contributed by atoms with Gasteiger partial charge in [0, 0.05) is 65.8 Å². The van der Waals surface area contributed by atoms with E-state index < -0.39 is 0 Å². The van der Waals surface area contributed by atoms with Crippen molar-refractivity contribution in [3.8, 4) is 112 Å². The SMILES string of the molecule is c1ccc(-n2c3ccc(-c4ccc5c(c4)c4ccccc4n5-c4cccc(-c5ccc6c7c(cccc57)-c5ccccc5-6)c4)cc3c3c4ccccc4ccc32)cc1.c1ccc(-n2c3ccc(-c4ccc5c(c4)c4ccccc4n5-c4cccc(-c5ccc6c7c(cccc57)-c5ccccc5-6)c4)cc3c3cc4ccccc4cc32)cc1. The van der Waals surface area contributed by atoms with Gasteiger partial charge in [-0.15, -0.1) is 0 Å². The number of para-hydroxylation sites is 4. The standard InChI is InChI=1S/2C56H34N2/c1-2-14-39(15-3-1)57-53-30-26-37(34-50(53)56-42-17-5-4-12-35(42)24-31-54(56)57)36-25-29-52-49(33-36)45-20-8-9-23-51(45)58(52)40-16-10-13-38(32-40)41-27-28-48-44-19-7-6-18-43(44)47-22-11-21-46(41)55(47)48;1-2-15-40(16-3-1)57-54-29-25-38(33-50(54)51-31-35-12-4-5-13-36(35)34-55(51)57)37-24-28-53-49(32-37)45-20-8-9-23-52(45)58(53)41-17-10-14-39(30-41)42-26-27-48-44-19-7-6-18-43(44)47-22-11-21-46(42)56(47)48/h2*1-34H. The Kier molecular flexibility index (Phi) is 13.9. The Balaban J connectivity index is 0.000000130. The van der Waals surface area contributed by atoms with E-state index in [0.717, 1.165) is 11.4 Å². The average Bonchev–Trinajstić information content (AvgIpc) is 1.55.